The molecule has 6 rings (SSSR count). The fourth-order valence-electron chi connectivity index (χ4n) is 4.94. The summed E-state index contributed by atoms with van der Waals surface area (Å²) in [6.07, 6.45) is 13.5. The second-order valence-electron chi connectivity index (χ2n) is 9.97. The Morgan fingerprint density at radius 1 is 1.00 bits per heavy atom. The number of hydrogen-bond acceptors (Lipinski definition) is 9. The van der Waals surface area contributed by atoms with E-state index in [4.69, 9.17) is 16.1 Å². The van der Waals surface area contributed by atoms with E-state index >= 15 is 0 Å². The van der Waals surface area contributed by atoms with Crippen molar-refractivity contribution >= 4 is 34.2 Å². The van der Waals surface area contributed by atoms with Crippen molar-refractivity contribution in [2.45, 2.75) is 12.8 Å². The first-order valence-corrected chi connectivity index (χ1v) is 13.0. The Balaban J connectivity index is 1.27. The number of nitrogens with zero attached hydrogens (tertiary/aromatic N) is 6. The Bertz CT molecular complexity index is 1710. The zero-order valence-electron chi connectivity index (χ0n) is 21.9. The average molecular weight is 533 g/mol. The van der Waals surface area contributed by atoms with Crippen molar-refractivity contribution in [2.75, 3.05) is 31.2 Å². The minimum absolute atomic E-state index is 0.00968. The second kappa shape index (κ2) is 10.6. The number of carbonyl (C=O) groups is 1. The molecule has 40 heavy (non-hydrogen) atoms. The first kappa shape index (κ1) is 25.3. The smallest absolute Gasteiger partial charge is 0.227 e. The molecule has 11 heteroatoms. The van der Waals surface area contributed by atoms with Gasteiger partial charge < -0.3 is 20.9 Å². The number of aromatic nitrogens is 6. The van der Waals surface area contributed by atoms with Gasteiger partial charge in [0, 0.05) is 59.2 Å². The molecule has 5 aromatic heterocycles. The maximum absolute atomic E-state index is 12.8. The summed E-state index contributed by atoms with van der Waals surface area (Å²) in [5, 5.41) is 11.9. The Morgan fingerprint density at radius 2 is 1.75 bits per heavy atom. The molecule has 0 aliphatic carbocycles. The van der Waals surface area contributed by atoms with Crippen LogP contribution in [-0.2, 0) is 4.79 Å². The third kappa shape index (κ3) is 5.02. The summed E-state index contributed by atoms with van der Waals surface area (Å²) in [6.45, 7) is 1.82. The summed E-state index contributed by atoms with van der Waals surface area (Å²) in [5.74, 6) is 0.557. The molecule has 6 heterocycles. The van der Waals surface area contributed by atoms with Crippen molar-refractivity contribution in [1.82, 2.24) is 34.8 Å². The normalized spacial score (nSPS) is 14.3. The second-order valence-corrected chi connectivity index (χ2v) is 9.97. The highest BCUT2D eigenvalue weighted by Gasteiger charge is 2.23. The number of fused-ring (bicyclic) bond motifs is 1. The molecule has 0 unspecified atom stereocenters. The lowest BCUT2D eigenvalue weighted by Gasteiger charge is -2.28. The highest BCUT2D eigenvalue weighted by molar-refractivity contribution is 6.13. The highest BCUT2D eigenvalue weighted by atomic mass is 16.1. The molecule has 1 aliphatic heterocycles. The van der Waals surface area contributed by atoms with Gasteiger partial charge in [-0.15, -0.1) is 0 Å². The molecular formula is C29H28N10O. The van der Waals surface area contributed by atoms with E-state index in [1.165, 1.54) is 0 Å². The van der Waals surface area contributed by atoms with Crippen molar-refractivity contribution in [3.8, 4) is 22.3 Å². The van der Waals surface area contributed by atoms with Crippen molar-refractivity contribution in [3.63, 3.8) is 0 Å². The third-order valence-corrected chi connectivity index (χ3v) is 7.24. The van der Waals surface area contributed by atoms with E-state index in [-0.39, 0.29) is 23.4 Å². The maximum Gasteiger partial charge on any atom is 0.227 e. The monoisotopic (exact) mass is 532 g/mol. The zero-order chi connectivity index (χ0) is 27.6. The van der Waals surface area contributed by atoms with E-state index < -0.39 is 0 Å². The van der Waals surface area contributed by atoms with Crippen LogP contribution in [0, 0.1) is 11.3 Å². The summed E-state index contributed by atoms with van der Waals surface area (Å²) in [5.41, 5.74) is 12.0. The van der Waals surface area contributed by atoms with Gasteiger partial charge in [0.2, 0.25) is 5.91 Å². The molecule has 0 radical (unpaired) electrons. The van der Waals surface area contributed by atoms with Crippen molar-refractivity contribution in [2.24, 2.45) is 5.92 Å². The number of nitrogens with two attached hydrogens (primary N) is 1. The Kier molecular flexibility index (Phi) is 6.71. The number of H-pyrrole nitrogens is 1. The Hall–Kier alpha value is -5.03. The van der Waals surface area contributed by atoms with Crippen LogP contribution in [0.3, 0.4) is 0 Å². The molecule has 200 valence electrons. The lowest BCUT2D eigenvalue weighted by Crippen LogP contribution is -2.35. The van der Waals surface area contributed by atoms with Crippen molar-refractivity contribution < 1.29 is 4.79 Å². The minimum Gasteiger partial charge on any atom is -0.383 e. The van der Waals surface area contributed by atoms with Gasteiger partial charge in [-0.2, -0.15) is 0 Å². The number of imidazole rings is 1. The maximum atomic E-state index is 12.8. The Morgan fingerprint density at radius 3 is 2.55 bits per heavy atom. The standard InChI is InChI=1S/C29H28N10O/c1-39-8-4-18(5-9-39)29(40)36-21-10-19(12-33-14-21)20-11-22(27(31)35-13-20)25(30)28-37-24-16-34-15-23(26(24)38-28)17-2-6-32-7-3-17/h2-3,6-7,10-16,18,30H,4-5,8-9H2,1H3,(H2,31,35)(H,36,40)(H,37,38). The van der Waals surface area contributed by atoms with E-state index in [9.17, 15) is 4.79 Å². The molecule has 0 atom stereocenters. The van der Waals surface area contributed by atoms with Gasteiger partial charge in [-0.1, -0.05) is 0 Å². The molecule has 1 aliphatic rings. The Labute approximate surface area is 230 Å². The minimum atomic E-state index is -0.0109. The number of amides is 1. The highest BCUT2D eigenvalue weighted by Crippen LogP contribution is 2.29. The molecule has 5 N–H and O–H groups in total. The van der Waals surface area contributed by atoms with E-state index in [1.807, 2.05) is 18.2 Å². The molecular weight excluding hydrogens is 504 g/mol. The number of anilines is 2. The number of carbonyl (C=O) groups excluding carboxylic acids is 1. The number of nitrogen functional groups attached to an aromatic ring is 1. The van der Waals surface area contributed by atoms with Crippen LogP contribution < -0.4 is 11.1 Å². The largest absolute Gasteiger partial charge is 0.383 e. The van der Waals surface area contributed by atoms with Crippen LogP contribution >= 0.6 is 0 Å². The molecule has 0 spiro atoms. The van der Waals surface area contributed by atoms with Gasteiger partial charge in [0.15, 0.2) is 5.82 Å². The van der Waals surface area contributed by atoms with Gasteiger partial charge >= 0.3 is 0 Å². The van der Waals surface area contributed by atoms with Crippen LogP contribution in [0.15, 0.2) is 67.6 Å². The van der Waals surface area contributed by atoms with E-state index in [0.29, 0.717) is 33.7 Å². The summed E-state index contributed by atoms with van der Waals surface area (Å²) >= 11 is 0. The number of nitrogens with one attached hydrogen (secondary N) is 3. The van der Waals surface area contributed by atoms with Gasteiger partial charge in [-0.3, -0.25) is 25.2 Å². The van der Waals surface area contributed by atoms with Crippen molar-refractivity contribution in [1.29, 1.82) is 5.41 Å². The molecule has 0 aromatic carbocycles. The molecule has 1 saturated heterocycles. The van der Waals surface area contributed by atoms with Crippen LogP contribution in [0.1, 0.15) is 24.2 Å². The van der Waals surface area contributed by atoms with Gasteiger partial charge in [0.25, 0.3) is 0 Å². The van der Waals surface area contributed by atoms with Crippen LogP contribution in [0.25, 0.3) is 33.3 Å². The van der Waals surface area contributed by atoms with Crippen LogP contribution in [-0.4, -0.2) is 66.6 Å². The van der Waals surface area contributed by atoms with Gasteiger partial charge in [-0.25, -0.2) is 9.97 Å². The summed E-state index contributed by atoms with van der Waals surface area (Å²) in [6, 6.07) is 7.42. The molecule has 0 saturated carbocycles. The summed E-state index contributed by atoms with van der Waals surface area (Å²) < 4.78 is 0. The summed E-state index contributed by atoms with van der Waals surface area (Å²) in [7, 11) is 2.07. The number of piperidine rings is 1. The topological polar surface area (TPSA) is 162 Å². The number of hydrogen-bond donors (Lipinski definition) is 4. The van der Waals surface area contributed by atoms with E-state index in [1.54, 1.807) is 49.4 Å². The lowest BCUT2D eigenvalue weighted by atomic mass is 9.96. The first-order chi connectivity index (χ1) is 19.5. The fourth-order valence-corrected chi connectivity index (χ4v) is 4.94. The number of rotatable bonds is 6. The predicted molar refractivity (Wildman–Crippen MR) is 154 cm³/mol. The number of likely N-dealkylation sites (tertiary alicyclic amines) is 1. The molecule has 0 bridgehead atoms. The van der Waals surface area contributed by atoms with Crippen LogP contribution in [0.2, 0.25) is 0 Å². The van der Waals surface area contributed by atoms with Gasteiger partial charge in [0.1, 0.15) is 11.5 Å². The van der Waals surface area contributed by atoms with Crippen LogP contribution in [0.4, 0.5) is 11.5 Å². The van der Waals surface area contributed by atoms with Gasteiger partial charge in [-0.05, 0) is 62.8 Å². The van der Waals surface area contributed by atoms with E-state index in [0.717, 1.165) is 42.6 Å². The fraction of sp³-hybridized carbons (Fsp3) is 0.207. The SMILES string of the molecule is CN1CCC(C(=O)Nc2cncc(-c3cnc(N)c(C(=N)c4nc5c(-c6ccncc6)cncc5[nH]4)c3)c2)CC1. The average Bonchev–Trinajstić information content (AvgIpc) is 3.43. The first-order valence-electron chi connectivity index (χ1n) is 13.0. The molecule has 1 fully saturated rings. The van der Waals surface area contributed by atoms with Crippen molar-refractivity contribution in [3.05, 3.63) is 79.0 Å². The number of pyridine rings is 4. The quantitative estimate of drug-likeness (QED) is 0.240. The molecule has 5 aromatic rings. The lowest BCUT2D eigenvalue weighted by molar-refractivity contribution is -0.121. The predicted octanol–water partition coefficient (Wildman–Crippen LogP) is 3.76. The number of aromatic amines is 1. The molecule has 11 nitrogen and oxygen atoms in total. The van der Waals surface area contributed by atoms with E-state index in [2.05, 4.69) is 42.2 Å². The van der Waals surface area contributed by atoms with Gasteiger partial charge in [0.05, 0.1) is 29.1 Å². The zero-order valence-corrected chi connectivity index (χ0v) is 21.9. The summed E-state index contributed by atoms with van der Waals surface area (Å²) in [4.78, 5) is 40.1. The molecule has 1 amide bonds. The third-order valence-electron chi connectivity index (χ3n) is 7.24. The van der Waals surface area contributed by atoms with Crippen LogP contribution in [0.5, 0.6) is 0 Å².